The van der Waals surface area contributed by atoms with E-state index in [-0.39, 0.29) is 4.90 Å². The number of nitrogens with zero attached hydrogens (tertiary/aromatic N) is 2. The third kappa shape index (κ3) is 2.21. The van der Waals surface area contributed by atoms with Gasteiger partial charge in [0.15, 0.2) is 0 Å². The molecule has 3 rings (SSSR count). The zero-order valence-electron chi connectivity index (χ0n) is 11.3. The molecule has 0 bridgehead atoms. The molecule has 1 aromatic carbocycles. The van der Waals surface area contributed by atoms with Crippen LogP contribution in [0.2, 0.25) is 0 Å². The highest BCUT2D eigenvalue weighted by atomic mass is 32.2. The quantitative estimate of drug-likeness (QED) is 0.723. The third-order valence-electron chi connectivity index (χ3n) is 3.28. The molecule has 0 atom stereocenters. The van der Waals surface area contributed by atoms with Crippen LogP contribution in [0.15, 0.2) is 53.7 Å². The number of pyridine rings is 1. The number of nitrogens with two attached hydrogens (primary N) is 1. The van der Waals surface area contributed by atoms with E-state index in [1.807, 2.05) is 0 Å². The van der Waals surface area contributed by atoms with Crippen LogP contribution in [0.25, 0.3) is 10.9 Å². The van der Waals surface area contributed by atoms with E-state index in [0.717, 1.165) is 4.31 Å². The Morgan fingerprint density at radius 1 is 1.24 bits per heavy atom. The average molecular weight is 302 g/mol. The molecule has 0 amide bonds. The van der Waals surface area contributed by atoms with Crippen molar-refractivity contribution in [1.29, 1.82) is 0 Å². The van der Waals surface area contributed by atoms with Gasteiger partial charge in [-0.1, -0.05) is 6.07 Å². The summed E-state index contributed by atoms with van der Waals surface area (Å²) < 4.78 is 26.6. The molecule has 0 spiro atoms. The van der Waals surface area contributed by atoms with Crippen molar-refractivity contribution < 1.29 is 8.42 Å². The van der Waals surface area contributed by atoms with Crippen molar-refractivity contribution in [3.05, 3.63) is 48.8 Å². The Labute approximate surface area is 122 Å². The van der Waals surface area contributed by atoms with Crippen LogP contribution in [0.5, 0.6) is 0 Å². The first-order valence-electron chi connectivity index (χ1n) is 6.27. The summed E-state index contributed by atoms with van der Waals surface area (Å²) in [5.41, 5.74) is 6.96. The summed E-state index contributed by atoms with van der Waals surface area (Å²) in [6.07, 6.45) is 3.02. The summed E-state index contributed by atoms with van der Waals surface area (Å²) in [6, 6.07) is 10.2. The van der Waals surface area contributed by atoms with Crippen molar-refractivity contribution in [3.63, 3.8) is 0 Å². The summed E-state index contributed by atoms with van der Waals surface area (Å²) in [6.45, 7) is 0. The number of sulfonamides is 1. The maximum absolute atomic E-state index is 12.7. The van der Waals surface area contributed by atoms with Crippen molar-refractivity contribution in [2.75, 3.05) is 17.1 Å². The van der Waals surface area contributed by atoms with Crippen LogP contribution in [-0.4, -0.2) is 25.4 Å². The number of rotatable bonds is 3. The Kier molecular flexibility index (Phi) is 3.06. The van der Waals surface area contributed by atoms with E-state index in [4.69, 9.17) is 5.73 Å². The van der Waals surface area contributed by atoms with Gasteiger partial charge in [-0.15, -0.1) is 0 Å². The fourth-order valence-electron chi connectivity index (χ4n) is 2.14. The summed E-state index contributed by atoms with van der Waals surface area (Å²) in [7, 11) is -2.21. The Morgan fingerprint density at radius 3 is 2.76 bits per heavy atom. The molecule has 7 heteroatoms. The zero-order chi connectivity index (χ0) is 15.0. The monoisotopic (exact) mass is 302 g/mol. The van der Waals surface area contributed by atoms with Crippen LogP contribution in [0.3, 0.4) is 0 Å². The highest BCUT2D eigenvalue weighted by molar-refractivity contribution is 7.93. The standard InChI is InChI=1S/C14H14N4O2S/c1-18(14-4-2-3-7-16-14)21(19,20)13-9-17-12-8-10(15)5-6-11(12)13/h2-9,17H,15H2,1H3. The number of hydrogen-bond acceptors (Lipinski definition) is 4. The van der Waals surface area contributed by atoms with E-state index in [1.54, 1.807) is 42.6 Å². The van der Waals surface area contributed by atoms with E-state index in [2.05, 4.69) is 9.97 Å². The lowest BCUT2D eigenvalue weighted by atomic mass is 10.2. The van der Waals surface area contributed by atoms with Gasteiger partial charge in [0.2, 0.25) is 0 Å². The molecule has 6 nitrogen and oxygen atoms in total. The summed E-state index contributed by atoms with van der Waals surface area (Å²) in [5, 5.41) is 0.604. The number of anilines is 2. The second-order valence-electron chi connectivity index (χ2n) is 4.62. The molecule has 0 aliphatic rings. The molecule has 0 saturated heterocycles. The van der Waals surface area contributed by atoms with Gasteiger partial charge in [-0.25, -0.2) is 13.4 Å². The van der Waals surface area contributed by atoms with E-state index in [0.29, 0.717) is 22.4 Å². The molecule has 21 heavy (non-hydrogen) atoms. The molecule has 0 unspecified atom stereocenters. The van der Waals surface area contributed by atoms with Crippen LogP contribution in [0, 0.1) is 0 Å². The highest BCUT2D eigenvalue weighted by Crippen LogP contribution is 2.28. The fourth-order valence-corrected chi connectivity index (χ4v) is 3.45. The molecule has 0 radical (unpaired) electrons. The minimum absolute atomic E-state index is 0.200. The second kappa shape index (κ2) is 4.78. The number of benzene rings is 1. The molecule has 2 aromatic heterocycles. The van der Waals surface area contributed by atoms with Crippen molar-refractivity contribution >= 4 is 32.4 Å². The third-order valence-corrected chi connectivity index (χ3v) is 5.08. The number of nitrogens with one attached hydrogen (secondary N) is 1. The SMILES string of the molecule is CN(c1ccccn1)S(=O)(=O)c1c[nH]c2cc(N)ccc12. The van der Waals surface area contributed by atoms with E-state index in [1.165, 1.54) is 13.2 Å². The molecular weight excluding hydrogens is 288 g/mol. The Bertz CT molecular complexity index is 888. The molecule has 2 heterocycles. The van der Waals surface area contributed by atoms with E-state index < -0.39 is 10.0 Å². The topological polar surface area (TPSA) is 92.1 Å². The van der Waals surface area contributed by atoms with Gasteiger partial charge in [0.25, 0.3) is 10.0 Å². The van der Waals surface area contributed by atoms with Crippen molar-refractivity contribution in [2.45, 2.75) is 4.90 Å². The molecule has 3 N–H and O–H groups in total. The van der Waals surface area contributed by atoms with Crippen LogP contribution in [0.4, 0.5) is 11.5 Å². The number of aromatic nitrogens is 2. The smallest absolute Gasteiger partial charge is 0.267 e. The predicted molar refractivity (Wildman–Crippen MR) is 82.5 cm³/mol. The first kappa shape index (κ1) is 13.4. The molecular formula is C14H14N4O2S. The Balaban J connectivity index is 2.13. The van der Waals surface area contributed by atoms with Crippen LogP contribution >= 0.6 is 0 Å². The molecule has 108 valence electrons. The summed E-state index contributed by atoms with van der Waals surface area (Å²) in [5.74, 6) is 0.363. The van der Waals surface area contributed by atoms with Gasteiger partial charge in [-0.3, -0.25) is 4.31 Å². The molecule has 0 aliphatic heterocycles. The minimum Gasteiger partial charge on any atom is -0.399 e. The van der Waals surface area contributed by atoms with Crippen LogP contribution in [-0.2, 0) is 10.0 Å². The fraction of sp³-hybridized carbons (Fsp3) is 0.0714. The highest BCUT2D eigenvalue weighted by Gasteiger charge is 2.25. The predicted octanol–water partition coefficient (Wildman–Crippen LogP) is 1.97. The maximum atomic E-state index is 12.7. The van der Waals surface area contributed by atoms with Gasteiger partial charge in [0.1, 0.15) is 10.7 Å². The molecule has 0 aliphatic carbocycles. The van der Waals surface area contributed by atoms with E-state index in [9.17, 15) is 8.42 Å². The van der Waals surface area contributed by atoms with Gasteiger partial charge in [-0.05, 0) is 30.3 Å². The largest absolute Gasteiger partial charge is 0.399 e. The van der Waals surface area contributed by atoms with Crippen LogP contribution in [0.1, 0.15) is 0 Å². The van der Waals surface area contributed by atoms with Gasteiger partial charge in [0, 0.05) is 36.0 Å². The lowest BCUT2D eigenvalue weighted by molar-refractivity contribution is 0.595. The first-order chi connectivity index (χ1) is 10.00. The Morgan fingerprint density at radius 2 is 2.05 bits per heavy atom. The summed E-state index contributed by atoms with van der Waals surface area (Å²) >= 11 is 0. The van der Waals surface area contributed by atoms with Crippen molar-refractivity contribution in [2.24, 2.45) is 0 Å². The zero-order valence-corrected chi connectivity index (χ0v) is 12.1. The van der Waals surface area contributed by atoms with Gasteiger partial charge in [0.05, 0.1) is 0 Å². The number of H-pyrrole nitrogens is 1. The normalized spacial score (nSPS) is 11.7. The van der Waals surface area contributed by atoms with Gasteiger partial charge >= 0.3 is 0 Å². The Hall–Kier alpha value is -2.54. The lowest BCUT2D eigenvalue weighted by Crippen LogP contribution is -2.27. The molecule has 0 fully saturated rings. The van der Waals surface area contributed by atoms with Gasteiger partial charge < -0.3 is 10.7 Å². The minimum atomic E-state index is -3.69. The second-order valence-corrected chi connectivity index (χ2v) is 6.56. The first-order valence-corrected chi connectivity index (χ1v) is 7.71. The lowest BCUT2D eigenvalue weighted by Gasteiger charge is -2.17. The van der Waals surface area contributed by atoms with Crippen molar-refractivity contribution in [3.8, 4) is 0 Å². The average Bonchev–Trinajstić information content (AvgIpc) is 2.91. The number of aromatic amines is 1. The van der Waals surface area contributed by atoms with E-state index >= 15 is 0 Å². The number of hydrogen-bond donors (Lipinski definition) is 2. The van der Waals surface area contributed by atoms with Crippen LogP contribution < -0.4 is 10.0 Å². The molecule has 0 saturated carbocycles. The molecule has 3 aromatic rings. The number of nitrogen functional groups attached to an aromatic ring is 1. The van der Waals surface area contributed by atoms with Gasteiger partial charge in [-0.2, -0.15) is 0 Å². The van der Waals surface area contributed by atoms with Crippen molar-refractivity contribution in [1.82, 2.24) is 9.97 Å². The number of fused-ring (bicyclic) bond motifs is 1. The maximum Gasteiger partial charge on any atom is 0.267 e. The summed E-state index contributed by atoms with van der Waals surface area (Å²) in [4.78, 5) is 7.20.